The van der Waals surface area contributed by atoms with Gasteiger partial charge < -0.3 is 14.6 Å². The van der Waals surface area contributed by atoms with Gasteiger partial charge in [-0.2, -0.15) is 0 Å². The largest absolute Gasteiger partial charge is 0.467 e. The molecule has 5 nitrogen and oxygen atoms in total. The standard InChI is InChI=1S/C11H15B2NO4/c1-10(16,14-2)9(15)6-3-4-7-8(5-6)18-11(12,13)17-7/h3-5,14,16H,12-13H2,1-2H3/t10-/m0/s1. The number of nitrogens with one attached hydrogen (secondary N) is 1. The van der Waals surface area contributed by atoms with Crippen LogP contribution in [-0.2, 0) is 0 Å². The maximum atomic E-state index is 12.0. The molecule has 2 N–H and O–H groups in total. The molecule has 7 heteroatoms. The summed E-state index contributed by atoms with van der Waals surface area (Å²) in [6.07, 6.45) is 0. The normalized spacial score (nSPS) is 19.3. The van der Waals surface area contributed by atoms with Crippen molar-refractivity contribution in [2.24, 2.45) is 0 Å². The second-order valence-electron chi connectivity index (χ2n) is 4.92. The van der Waals surface area contributed by atoms with Crippen molar-refractivity contribution >= 4 is 21.5 Å². The Kier molecular flexibility index (Phi) is 2.91. The molecular formula is C11H15B2NO4. The molecule has 0 bridgehead atoms. The lowest BCUT2D eigenvalue weighted by molar-refractivity contribution is 0.0276. The molecule has 0 saturated heterocycles. The summed E-state index contributed by atoms with van der Waals surface area (Å²) in [7, 11) is 5.10. The van der Waals surface area contributed by atoms with Crippen LogP contribution in [0.2, 0.25) is 0 Å². The molecule has 1 aliphatic heterocycles. The lowest BCUT2D eigenvalue weighted by atomic mass is 9.76. The number of carbonyl (C=O) groups excluding carboxylic acids is 1. The first kappa shape index (κ1) is 13.0. The Morgan fingerprint density at radius 1 is 1.39 bits per heavy atom. The molecule has 0 saturated carbocycles. The fourth-order valence-electron chi connectivity index (χ4n) is 1.76. The number of fused-ring (bicyclic) bond motifs is 1. The number of benzene rings is 1. The predicted octanol–water partition coefficient (Wildman–Crippen LogP) is -1.55. The van der Waals surface area contributed by atoms with Crippen LogP contribution < -0.4 is 14.8 Å². The second-order valence-corrected chi connectivity index (χ2v) is 4.92. The fourth-order valence-corrected chi connectivity index (χ4v) is 1.76. The molecule has 0 aliphatic carbocycles. The summed E-state index contributed by atoms with van der Waals surface area (Å²) in [5.41, 5.74) is -1.95. The summed E-state index contributed by atoms with van der Waals surface area (Å²) >= 11 is 0. The number of aliphatic hydroxyl groups is 1. The van der Waals surface area contributed by atoms with E-state index in [9.17, 15) is 9.90 Å². The van der Waals surface area contributed by atoms with Crippen LogP contribution in [0, 0.1) is 0 Å². The molecule has 0 radical (unpaired) electrons. The van der Waals surface area contributed by atoms with Gasteiger partial charge in [-0.05, 0) is 32.2 Å². The Morgan fingerprint density at radius 3 is 2.61 bits per heavy atom. The van der Waals surface area contributed by atoms with Crippen molar-refractivity contribution < 1.29 is 19.4 Å². The maximum Gasteiger partial charge on any atom is 0.209 e. The van der Waals surface area contributed by atoms with Crippen molar-refractivity contribution in [1.29, 1.82) is 0 Å². The molecule has 94 valence electrons. The highest BCUT2D eigenvalue weighted by Gasteiger charge is 2.34. The molecule has 0 unspecified atom stereocenters. The minimum Gasteiger partial charge on any atom is -0.467 e. The van der Waals surface area contributed by atoms with E-state index in [1.807, 2.05) is 0 Å². The van der Waals surface area contributed by atoms with Gasteiger partial charge in [0.25, 0.3) is 0 Å². The predicted molar refractivity (Wildman–Crippen MR) is 71.5 cm³/mol. The van der Waals surface area contributed by atoms with E-state index in [1.54, 1.807) is 33.9 Å². The van der Waals surface area contributed by atoms with E-state index in [4.69, 9.17) is 9.47 Å². The molecule has 1 aromatic rings. The molecule has 0 fully saturated rings. The second kappa shape index (κ2) is 4.03. The monoisotopic (exact) mass is 247 g/mol. The first-order valence-electron chi connectivity index (χ1n) is 5.73. The number of likely N-dealkylation sites (N-methyl/N-ethyl adjacent to an activating group) is 1. The summed E-state index contributed by atoms with van der Waals surface area (Å²) in [6.45, 7) is 1.41. The van der Waals surface area contributed by atoms with Gasteiger partial charge in [0.2, 0.25) is 5.78 Å². The molecule has 1 atom stereocenters. The van der Waals surface area contributed by atoms with Gasteiger partial charge in [0.15, 0.2) is 38.5 Å². The molecular weight excluding hydrogens is 232 g/mol. The third kappa shape index (κ3) is 2.23. The Labute approximate surface area is 107 Å². The number of carbonyl (C=O) groups is 1. The van der Waals surface area contributed by atoms with Gasteiger partial charge in [-0.3, -0.25) is 10.1 Å². The quantitative estimate of drug-likeness (QED) is 0.384. The van der Waals surface area contributed by atoms with E-state index < -0.39 is 17.1 Å². The van der Waals surface area contributed by atoms with E-state index in [-0.39, 0.29) is 0 Å². The van der Waals surface area contributed by atoms with E-state index in [2.05, 4.69) is 5.32 Å². The van der Waals surface area contributed by atoms with Crippen LogP contribution in [0.5, 0.6) is 11.5 Å². The molecule has 0 amide bonds. The number of Topliss-reactive ketones (excluding diaryl/α,β-unsaturated/α-hetero) is 1. The number of rotatable bonds is 3. The Bertz CT molecular complexity index is 502. The number of hydrogen-bond acceptors (Lipinski definition) is 5. The van der Waals surface area contributed by atoms with Crippen molar-refractivity contribution in [3.05, 3.63) is 23.8 Å². The van der Waals surface area contributed by atoms with Crippen LogP contribution in [0.15, 0.2) is 18.2 Å². The van der Waals surface area contributed by atoms with Crippen molar-refractivity contribution in [3.63, 3.8) is 0 Å². The Morgan fingerprint density at radius 2 is 2.00 bits per heavy atom. The lowest BCUT2D eigenvalue weighted by Crippen LogP contribution is -2.47. The van der Waals surface area contributed by atoms with Crippen LogP contribution in [0.4, 0.5) is 0 Å². The van der Waals surface area contributed by atoms with Crippen molar-refractivity contribution in [2.45, 2.75) is 18.2 Å². The van der Waals surface area contributed by atoms with Crippen molar-refractivity contribution in [1.82, 2.24) is 5.32 Å². The number of ether oxygens (including phenoxy) is 2. The molecule has 1 aliphatic rings. The SMILES string of the molecule is BC1(B)Oc2ccc(C(=O)[C@](C)(O)NC)cc2O1. The Hall–Kier alpha value is -1.46. The van der Waals surface area contributed by atoms with Gasteiger partial charge in [-0.15, -0.1) is 0 Å². The molecule has 0 aromatic heterocycles. The third-order valence-electron chi connectivity index (χ3n) is 2.85. The van der Waals surface area contributed by atoms with Gasteiger partial charge >= 0.3 is 0 Å². The van der Waals surface area contributed by atoms with Crippen molar-refractivity contribution in [3.8, 4) is 11.5 Å². The summed E-state index contributed by atoms with van der Waals surface area (Å²) in [5, 5.41) is 12.4. The summed E-state index contributed by atoms with van der Waals surface area (Å²) in [5.74, 6) is 0.694. The summed E-state index contributed by atoms with van der Waals surface area (Å²) < 4.78 is 11.1. The smallest absolute Gasteiger partial charge is 0.209 e. The number of ketones is 1. The van der Waals surface area contributed by atoms with Crippen LogP contribution in [-0.4, -0.2) is 44.9 Å². The maximum absolute atomic E-state index is 12.0. The van der Waals surface area contributed by atoms with Gasteiger partial charge in [-0.25, -0.2) is 0 Å². The minimum absolute atomic E-state index is 0.370. The van der Waals surface area contributed by atoms with Crippen LogP contribution in [0.25, 0.3) is 0 Å². The molecule has 2 rings (SSSR count). The average molecular weight is 247 g/mol. The van der Waals surface area contributed by atoms with E-state index >= 15 is 0 Å². The first-order valence-corrected chi connectivity index (χ1v) is 5.73. The first-order chi connectivity index (χ1) is 8.25. The lowest BCUT2D eigenvalue weighted by Gasteiger charge is -2.20. The van der Waals surface area contributed by atoms with E-state index in [0.29, 0.717) is 17.1 Å². The van der Waals surface area contributed by atoms with E-state index in [1.165, 1.54) is 14.0 Å². The topological polar surface area (TPSA) is 67.8 Å². The van der Waals surface area contributed by atoms with Gasteiger partial charge in [0, 0.05) is 5.56 Å². The van der Waals surface area contributed by atoms with Crippen molar-refractivity contribution in [2.75, 3.05) is 7.05 Å². The average Bonchev–Trinajstić information content (AvgIpc) is 2.60. The zero-order chi connectivity index (χ0) is 13.6. The summed E-state index contributed by atoms with van der Waals surface area (Å²) in [4.78, 5) is 12.0. The zero-order valence-electron chi connectivity index (χ0n) is 10.9. The Balaban J connectivity index is 2.32. The molecule has 1 aromatic carbocycles. The minimum atomic E-state index is -1.59. The van der Waals surface area contributed by atoms with Gasteiger partial charge in [0.1, 0.15) is 0 Å². The third-order valence-corrected chi connectivity index (χ3v) is 2.85. The number of hydrogen-bond donors (Lipinski definition) is 2. The van der Waals surface area contributed by atoms with Crippen LogP contribution in [0.1, 0.15) is 17.3 Å². The molecule has 0 spiro atoms. The summed E-state index contributed by atoms with van der Waals surface area (Å²) in [6, 6.07) is 4.86. The molecule has 18 heavy (non-hydrogen) atoms. The molecule has 1 heterocycles. The zero-order valence-corrected chi connectivity index (χ0v) is 10.9. The highest BCUT2D eigenvalue weighted by atomic mass is 16.7. The van der Waals surface area contributed by atoms with E-state index in [0.717, 1.165) is 0 Å². The fraction of sp³-hybridized carbons (Fsp3) is 0.364. The van der Waals surface area contributed by atoms with Gasteiger partial charge in [0.05, 0.1) is 0 Å². The van der Waals surface area contributed by atoms with Crippen LogP contribution >= 0.6 is 0 Å². The van der Waals surface area contributed by atoms with Gasteiger partial charge in [-0.1, -0.05) is 0 Å². The van der Waals surface area contributed by atoms with Crippen LogP contribution in [0.3, 0.4) is 0 Å². The highest BCUT2D eigenvalue weighted by molar-refractivity contribution is 6.38. The highest BCUT2D eigenvalue weighted by Crippen LogP contribution is 2.38.